The van der Waals surface area contributed by atoms with Crippen LogP contribution in [0.25, 0.3) is 10.1 Å². The number of nitrogen functional groups attached to an aromatic ring is 1. The first-order valence-electron chi connectivity index (χ1n) is 6.39. The van der Waals surface area contributed by atoms with Crippen LogP contribution in [0.5, 0.6) is 0 Å². The molecule has 0 aliphatic heterocycles. The van der Waals surface area contributed by atoms with Crippen LogP contribution in [-0.2, 0) is 4.74 Å². The number of hydrogen-bond donors (Lipinski definition) is 2. The van der Waals surface area contributed by atoms with E-state index in [2.05, 4.69) is 33.6 Å². The van der Waals surface area contributed by atoms with E-state index in [1.54, 1.807) is 29.5 Å². The van der Waals surface area contributed by atoms with E-state index in [0.29, 0.717) is 11.3 Å². The number of ether oxygens (including phenoxy) is 1. The Labute approximate surface area is 126 Å². The van der Waals surface area contributed by atoms with Gasteiger partial charge in [-0.2, -0.15) is 0 Å². The van der Waals surface area contributed by atoms with E-state index < -0.39 is 5.97 Å². The number of methoxy groups -OCH3 is 1. The second-order valence-corrected chi connectivity index (χ2v) is 5.54. The lowest BCUT2D eigenvalue weighted by atomic mass is 10.1. The van der Waals surface area contributed by atoms with Gasteiger partial charge < -0.3 is 15.8 Å². The van der Waals surface area contributed by atoms with Crippen LogP contribution in [0.4, 0.5) is 17.1 Å². The monoisotopic (exact) mass is 298 g/mol. The zero-order valence-electron chi connectivity index (χ0n) is 11.4. The van der Waals surface area contributed by atoms with Gasteiger partial charge in [-0.3, -0.25) is 0 Å². The summed E-state index contributed by atoms with van der Waals surface area (Å²) in [5.41, 5.74) is 8.65. The summed E-state index contributed by atoms with van der Waals surface area (Å²) in [6.45, 7) is 0. The van der Waals surface area contributed by atoms with Gasteiger partial charge in [0.25, 0.3) is 0 Å². The third-order valence-corrected chi connectivity index (χ3v) is 4.10. The summed E-state index contributed by atoms with van der Waals surface area (Å²) in [6.07, 6.45) is 0. The molecule has 3 N–H and O–H groups in total. The van der Waals surface area contributed by atoms with Crippen LogP contribution in [0.2, 0.25) is 0 Å². The zero-order valence-corrected chi connectivity index (χ0v) is 12.2. The Kier molecular flexibility index (Phi) is 3.50. The highest BCUT2D eigenvalue weighted by atomic mass is 32.1. The molecule has 0 saturated heterocycles. The van der Waals surface area contributed by atoms with Gasteiger partial charge in [0.1, 0.15) is 0 Å². The maximum atomic E-state index is 11.5. The maximum Gasteiger partial charge on any atom is 0.337 e. The number of rotatable bonds is 3. The lowest BCUT2D eigenvalue weighted by Crippen LogP contribution is -2.03. The largest absolute Gasteiger partial charge is 0.465 e. The van der Waals surface area contributed by atoms with Gasteiger partial charge in [0.2, 0.25) is 0 Å². The van der Waals surface area contributed by atoms with Crippen LogP contribution in [-0.4, -0.2) is 13.1 Å². The lowest BCUT2D eigenvalue weighted by Gasteiger charge is -2.10. The highest BCUT2D eigenvalue weighted by molar-refractivity contribution is 7.17. The maximum absolute atomic E-state index is 11.5. The number of benzene rings is 2. The van der Waals surface area contributed by atoms with Crippen LogP contribution in [0, 0.1) is 0 Å². The predicted molar refractivity (Wildman–Crippen MR) is 87.3 cm³/mol. The van der Waals surface area contributed by atoms with Gasteiger partial charge in [0, 0.05) is 10.4 Å². The average molecular weight is 298 g/mol. The molecule has 5 heteroatoms. The second kappa shape index (κ2) is 5.46. The van der Waals surface area contributed by atoms with E-state index in [4.69, 9.17) is 5.73 Å². The summed E-state index contributed by atoms with van der Waals surface area (Å²) < 4.78 is 5.92. The molecule has 0 atom stereocenters. The Bertz CT molecular complexity index is 811. The Balaban J connectivity index is 1.88. The molecular formula is C16H14N2O2S. The van der Waals surface area contributed by atoms with E-state index >= 15 is 0 Å². The van der Waals surface area contributed by atoms with Gasteiger partial charge in [-0.25, -0.2) is 4.79 Å². The summed E-state index contributed by atoms with van der Waals surface area (Å²) in [6, 6.07) is 13.3. The second-order valence-electron chi connectivity index (χ2n) is 4.59. The third kappa shape index (κ3) is 2.68. The minimum absolute atomic E-state index is 0.395. The number of carbonyl (C=O) groups excluding carboxylic acids is 1. The predicted octanol–water partition coefficient (Wildman–Crippen LogP) is 4.01. The van der Waals surface area contributed by atoms with Gasteiger partial charge in [-0.05, 0) is 53.2 Å². The highest BCUT2D eigenvalue weighted by Gasteiger charge is 2.08. The average Bonchev–Trinajstić information content (AvgIpc) is 2.96. The van der Waals surface area contributed by atoms with Crippen molar-refractivity contribution in [1.29, 1.82) is 0 Å². The van der Waals surface area contributed by atoms with Crippen molar-refractivity contribution < 1.29 is 9.53 Å². The van der Waals surface area contributed by atoms with E-state index in [-0.39, 0.29) is 0 Å². The number of thiophene rings is 1. The number of carbonyl (C=O) groups is 1. The number of anilines is 3. The van der Waals surface area contributed by atoms with Gasteiger partial charge >= 0.3 is 5.97 Å². The van der Waals surface area contributed by atoms with Crippen molar-refractivity contribution in [3.05, 3.63) is 53.4 Å². The molecule has 0 bridgehead atoms. The summed E-state index contributed by atoms with van der Waals surface area (Å²) in [7, 11) is 1.35. The molecule has 21 heavy (non-hydrogen) atoms. The molecule has 1 heterocycles. The van der Waals surface area contributed by atoms with Gasteiger partial charge in [0.15, 0.2) is 0 Å². The fraction of sp³-hybridized carbons (Fsp3) is 0.0625. The quantitative estimate of drug-likeness (QED) is 0.566. The van der Waals surface area contributed by atoms with E-state index in [1.165, 1.54) is 17.2 Å². The van der Waals surface area contributed by atoms with E-state index in [0.717, 1.165) is 11.4 Å². The molecular weight excluding hydrogens is 284 g/mol. The summed E-state index contributed by atoms with van der Waals surface area (Å²) in [5, 5.41) is 6.52. The van der Waals surface area contributed by atoms with Crippen LogP contribution in [0.1, 0.15) is 10.4 Å². The number of esters is 1. The minimum Gasteiger partial charge on any atom is -0.465 e. The van der Waals surface area contributed by atoms with Gasteiger partial charge in [0.05, 0.1) is 24.0 Å². The van der Waals surface area contributed by atoms with E-state index in [1.807, 2.05) is 6.07 Å². The standard InChI is InChI=1S/C16H14N2O2S/c1-20-16(19)11-2-4-14(13(17)9-11)18-12-3-5-15-10(8-12)6-7-21-15/h2-9,18H,17H2,1H3. The lowest BCUT2D eigenvalue weighted by molar-refractivity contribution is 0.0601. The molecule has 0 spiro atoms. The smallest absolute Gasteiger partial charge is 0.337 e. The summed E-state index contributed by atoms with van der Waals surface area (Å²) >= 11 is 1.71. The minimum atomic E-state index is -0.395. The van der Waals surface area contributed by atoms with Crippen molar-refractivity contribution in [3.63, 3.8) is 0 Å². The van der Waals surface area contributed by atoms with Crippen LogP contribution in [0.3, 0.4) is 0 Å². The molecule has 0 aliphatic rings. The van der Waals surface area contributed by atoms with Crippen molar-refractivity contribution in [2.24, 2.45) is 0 Å². The van der Waals surface area contributed by atoms with Crippen molar-refractivity contribution in [2.75, 3.05) is 18.2 Å². The molecule has 2 aromatic carbocycles. The van der Waals surface area contributed by atoms with Crippen LogP contribution >= 0.6 is 11.3 Å². The number of nitrogens with two attached hydrogens (primary N) is 1. The number of nitrogens with one attached hydrogen (secondary N) is 1. The van der Waals surface area contributed by atoms with Crippen molar-refractivity contribution >= 4 is 44.5 Å². The first kappa shape index (κ1) is 13.5. The number of fused-ring (bicyclic) bond motifs is 1. The molecule has 0 saturated carbocycles. The normalized spacial score (nSPS) is 10.5. The Morgan fingerprint density at radius 3 is 2.81 bits per heavy atom. The molecule has 106 valence electrons. The molecule has 0 amide bonds. The van der Waals surface area contributed by atoms with Crippen molar-refractivity contribution in [3.8, 4) is 0 Å². The van der Waals surface area contributed by atoms with Gasteiger partial charge in [-0.15, -0.1) is 11.3 Å². The molecule has 0 fully saturated rings. The van der Waals surface area contributed by atoms with Crippen LogP contribution in [0.15, 0.2) is 47.8 Å². The van der Waals surface area contributed by atoms with E-state index in [9.17, 15) is 4.79 Å². The molecule has 4 nitrogen and oxygen atoms in total. The fourth-order valence-electron chi connectivity index (χ4n) is 2.12. The highest BCUT2D eigenvalue weighted by Crippen LogP contribution is 2.28. The topological polar surface area (TPSA) is 64.3 Å². The molecule has 0 unspecified atom stereocenters. The Morgan fingerprint density at radius 1 is 1.19 bits per heavy atom. The van der Waals surface area contributed by atoms with Crippen LogP contribution < -0.4 is 11.1 Å². The molecule has 1 aromatic heterocycles. The molecule has 0 aliphatic carbocycles. The Hall–Kier alpha value is -2.53. The first-order valence-corrected chi connectivity index (χ1v) is 7.27. The zero-order chi connectivity index (χ0) is 14.8. The van der Waals surface area contributed by atoms with Gasteiger partial charge in [-0.1, -0.05) is 0 Å². The van der Waals surface area contributed by atoms with Crippen molar-refractivity contribution in [1.82, 2.24) is 0 Å². The summed E-state index contributed by atoms with van der Waals surface area (Å²) in [5.74, 6) is -0.395. The molecule has 3 aromatic rings. The van der Waals surface area contributed by atoms with Crippen molar-refractivity contribution in [2.45, 2.75) is 0 Å². The molecule has 0 radical (unpaired) electrons. The first-order chi connectivity index (χ1) is 10.2. The number of hydrogen-bond acceptors (Lipinski definition) is 5. The SMILES string of the molecule is COC(=O)c1ccc(Nc2ccc3sccc3c2)c(N)c1. The molecule has 3 rings (SSSR count). The Morgan fingerprint density at radius 2 is 2.05 bits per heavy atom. The fourth-order valence-corrected chi connectivity index (χ4v) is 2.89. The summed E-state index contributed by atoms with van der Waals surface area (Å²) in [4.78, 5) is 11.5. The third-order valence-electron chi connectivity index (χ3n) is 3.20.